The van der Waals surface area contributed by atoms with Gasteiger partial charge in [0.15, 0.2) is 0 Å². The van der Waals surface area contributed by atoms with Crippen molar-refractivity contribution in [1.82, 2.24) is 0 Å². The fraction of sp³-hybridized carbons (Fsp3) is 0.200. The summed E-state index contributed by atoms with van der Waals surface area (Å²) in [7, 11) is 0. The van der Waals surface area contributed by atoms with E-state index in [9.17, 15) is 0 Å². The molecule has 5 rings (SSSR count). The second-order valence-corrected chi connectivity index (χ2v) is 9.04. The topological polar surface area (TPSA) is 0 Å². The summed E-state index contributed by atoms with van der Waals surface area (Å²) in [6.45, 7) is 2.27. The van der Waals surface area contributed by atoms with Crippen molar-refractivity contribution in [2.24, 2.45) is 0 Å². The molecule has 0 radical (unpaired) electrons. The maximum atomic E-state index is 3.75. The predicted octanol–water partition coefficient (Wildman–Crippen LogP) is 7.11. The highest BCUT2D eigenvalue weighted by Crippen LogP contribution is 2.40. The van der Waals surface area contributed by atoms with Crippen molar-refractivity contribution in [3.63, 3.8) is 0 Å². The lowest BCUT2D eigenvalue weighted by molar-refractivity contribution is 0.804. The number of fused-ring (bicyclic) bond motifs is 7. The maximum Gasteiger partial charge on any atom is 0.0445 e. The van der Waals surface area contributed by atoms with Crippen molar-refractivity contribution >= 4 is 58.8 Å². The van der Waals surface area contributed by atoms with Gasteiger partial charge in [0.2, 0.25) is 0 Å². The second-order valence-electron chi connectivity index (χ2n) is 6.13. The average molecular weight is 399 g/mol. The number of unbranched alkanes of at least 4 members (excludes halogenated alkanes) is 1. The number of thiophene rings is 2. The van der Waals surface area contributed by atoms with Crippen LogP contribution in [0.25, 0.3) is 20.2 Å². The van der Waals surface area contributed by atoms with Crippen LogP contribution in [0.5, 0.6) is 0 Å². The molecule has 1 aliphatic carbocycles. The van der Waals surface area contributed by atoms with Crippen molar-refractivity contribution in [3.8, 4) is 0 Å². The molecule has 2 aromatic carbocycles. The summed E-state index contributed by atoms with van der Waals surface area (Å²) in [5.41, 5.74) is 0. The van der Waals surface area contributed by atoms with E-state index < -0.39 is 0 Å². The quantitative estimate of drug-likeness (QED) is 0.303. The Balaban J connectivity index is 2.01. The van der Waals surface area contributed by atoms with Crippen LogP contribution in [0.3, 0.4) is 0 Å². The van der Waals surface area contributed by atoms with E-state index in [-0.39, 0.29) is 0 Å². The van der Waals surface area contributed by atoms with Crippen LogP contribution in [0.1, 0.15) is 24.6 Å². The molecule has 114 valence electrons. The third-order valence-corrected chi connectivity index (χ3v) is 7.57. The Morgan fingerprint density at radius 2 is 1.91 bits per heavy atom. The van der Waals surface area contributed by atoms with E-state index in [2.05, 4.69) is 58.6 Å². The summed E-state index contributed by atoms with van der Waals surface area (Å²) >= 11 is 7.64. The standard InChI is InChI=1S/C20H15BrS2/c1-2-3-5-11-10-14-19-13(8-9-22-19)17-16-12(6-4-7-15(16)21)18(17)20(14)23-11/h4,6-10H,2-3,5H2,1H3. The molecule has 0 aliphatic heterocycles. The SMILES string of the molecule is CCCCc1cc2c(s1)c1c(c3ccsc32)=c2c(Br)cccc2=1. The maximum absolute atomic E-state index is 3.75. The Bertz CT molecular complexity index is 1260. The Morgan fingerprint density at radius 1 is 1.00 bits per heavy atom. The summed E-state index contributed by atoms with van der Waals surface area (Å²) in [6, 6.07) is 11.3. The van der Waals surface area contributed by atoms with Gasteiger partial charge in [-0.3, -0.25) is 0 Å². The summed E-state index contributed by atoms with van der Waals surface area (Å²) in [4.78, 5) is 1.54. The zero-order valence-corrected chi connectivity index (χ0v) is 16.0. The minimum absolute atomic E-state index is 1.21. The van der Waals surface area contributed by atoms with Gasteiger partial charge in [0.1, 0.15) is 0 Å². The van der Waals surface area contributed by atoms with Gasteiger partial charge in [-0.1, -0.05) is 41.4 Å². The zero-order chi connectivity index (χ0) is 15.6. The lowest BCUT2D eigenvalue weighted by atomic mass is 9.97. The molecule has 23 heavy (non-hydrogen) atoms. The van der Waals surface area contributed by atoms with E-state index in [0.29, 0.717) is 0 Å². The molecule has 2 heterocycles. The van der Waals surface area contributed by atoms with Gasteiger partial charge in [-0.2, -0.15) is 0 Å². The summed E-state index contributed by atoms with van der Waals surface area (Å²) in [6.07, 6.45) is 3.75. The van der Waals surface area contributed by atoms with Crippen LogP contribution in [0.2, 0.25) is 0 Å². The fourth-order valence-electron chi connectivity index (χ4n) is 3.67. The lowest BCUT2D eigenvalue weighted by Crippen LogP contribution is -1.93. The van der Waals surface area contributed by atoms with Gasteiger partial charge in [-0.15, -0.1) is 22.7 Å². The first-order chi connectivity index (χ1) is 11.3. The minimum Gasteiger partial charge on any atom is -0.143 e. The molecule has 1 aliphatic rings. The van der Waals surface area contributed by atoms with Gasteiger partial charge in [0.25, 0.3) is 0 Å². The third kappa shape index (κ3) is 1.87. The number of halogens is 1. The van der Waals surface area contributed by atoms with Gasteiger partial charge in [-0.05, 0) is 41.6 Å². The van der Waals surface area contributed by atoms with E-state index >= 15 is 0 Å². The molecule has 4 aromatic rings. The number of hydrogen-bond acceptors (Lipinski definition) is 2. The Labute approximate surface area is 150 Å². The van der Waals surface area contributed by atoms with Crippen molar-refractivity contribution in [1.29, 1.82) is 0 Å². The Hall–Kier alpha value is -1.16. The smallest absolute Gasteiger partial charge is 0.0445 e. The molecule has 0 atom stereocenters. The summed E-state index contributed by atoms with van der Waals surface area (Å²) < 4.78 is 4.17. The van der Waals surface area contributed by atoms with Crippen LogP contribution in [-0.2, 0) is 6.42 Å². The van der Waals surface area contributed by atoms with Crippen molar-refractivity contribution in [3.05, 3.63) is 65.9 Å². The van der Waals surface area contributed by atoms with Crippen LogP contribution < -0.4 is 0 Å². The number of hydrogen-bond donors (Lipinski definition) is 0. The van der Waals surface area contributed by atoms with Crippen LogP contribution in [0, 0.1) is 20.9 Å². The van der Waals surface area contributed by atoms with Crippen LogP contribution in [-0.4, -0.2) is 0 Å². The Kier molecular flexibility index (Phi) is 3.19. The molecule has 0 nitrogen and oxygen atoms in total. The number of benzene rings is 2. The second kappa shape index (κ2) is 5.17. The molecule has 2 aromatic heterocycles. The van der Waals surface area contributed by atoms with Crippen molar-refractivity contribution in [2.45, 2.75) is 26.2 Å². The largest absolute Gasteiger partial charge is 0.143 e. The molecule has 3 heteroatoms. The van der Waals surface area contributed by atoms with E-state index in [1.807, 2.05) is 22.7 Å². The molecule has 0 N–H and O–H groups in total. The molecule has 0 saturated carbocycles. The van der Waals surface area contributed by atoms with Crippen LogP contribution in [0.4, 0.5) is 0 Å². The van der Waals surface area contributed by atoms with E-state index in [1.54, 1.807) is 0 Å². The molecule has 0 bridgehead atoms. The van der Waals surface area contributed by atoms with E-state index in [1.165, 1.54) is 69.7 Å². The first-order valence-electron chi connectivity index (χ1n) is 8.04. The molecular formula is C20H15BrS2. The molecule has 0 fully saturated rings. The van der Waals surface area contributed by atoms with Crippen LogP contribution in [0.15, 0.2) is 40.2 Å². The molecule has 0 unspecified atom stereocenters. The van der Waals surface area contributed by atoms with E-state index in [0.717, 1.165) is 0 Å². The monoisotopic (exact) mass is 398 g/mol. The molecular weight excluding hydrogens is 384 g/mol. The highest BCUT2D eigenvalue weighted by atomic mass is 79.9. The Morgan fingerprint density at radius 3 is 2.78 bits per heavy atom. The third-order valence-electron chi connectivity index (χ3n) is 4.75. The van der Waals surface area contributed by atoms with Gasteiger partial charge in [0.05, 0.1) is 0 Å². The number of aryl methyl sites for hydroxylation is 1. The zero-order valence-electron chi connectivity index (χ0n) is 12.8. The normalized spacial score (nSPS) is 12.4. The van der Waals surface area contributed by atoms with Gasteiger partial charge in [0, 0.05) is 45.2 Å². The average Bonchev–Trinajstić information content (AvgIpc) is 3.14. The molecule has 0 saturated heterocycles. The molecule has 0 spiro atoms. The van der Waals surface area contributed by atoms with Crippen molar-refractivity contribution < 1.29 is 0 Å². The van der Waals surface area contributed by atoms with Crippen LogP contribution >= 0.6 is 38.6 Å². The van der Waals surface area contributed by atoms with Crippen molar-refractivity contribution in [2.75, 3.05) is 0 Å². The first kappa shape index (κ1) is 14.2. The van der Waals surface area contributed by atoms with Gasteiger partial charge >= 0.3 is 0 Å². The number of rotatable bonds is 3. The highest BCUT2D eigenvalue weighted by molar-refractivity contribution is 9.10. The summed E-state index contributed by atoms with van der Waals surface area (Å²) in [5, 5.41) is 10.9. The summed E-state index contributed by atoms with van der Waals surface area (Å²) in [5.74, 6) is 0. The van der Waals surface area contributed by atoms with E-state index in [4.69, 9.17) is 0 Å². The molecule has 0 amide bonds. The first-order valence-corrected chi connectivity index (χ1v) is 10.5. The fourth-order valence-corrected chi connectivity index (χ4v) is 6.50. The van der Waals surface area contributed by atoms with Gasteiger partial charge < -0.3 is 0 Å². The minimum atomic E-state index is 1.21. The predicted molar refractivity (Wildman–Crippen MR) is 105 cm³/mol. The highest BCUT2D eigenvalue weighted by Gasteiger charge is 2.16. The van der Waals surface area contributed by atoms with Gasteiger partial charge in [-0.25, -0.2) is 0 Å². The lowest BCUT2D eigenvalue weighted by Gasteiger charge is -2.09.